The number of fused-ring (bicyclic) bond motifs is 3. The fourth-order valence-corrected chi connectivity index (χ4v) is 6.98. The van der Waals surface area contributed by atoms with E-state index in [-0.39, 0.29) is 22.7 Å². The van der Waals surface area contributed by atoms with Crippen LogP contribution >= 0.6 is 0 Å². The van der Waals surface area contributed by atoms with E-state index < -0.39 is 17.5 Å². The summed E-state index contributed by atoms with van der Waals surface area (Å²) < 4.78 is 10.1. The lowest BCUT2D eigenvalue weighted by molar-refractivity contribution is -0.241. The van der Waals surface area contributed by atoms with Crippen molar-refractivity contribution in [2.45, 2.75) is 84.2 Å². The van der Waals surface area contributed by atoms with E-state index in [0.717, 1.165) is 51.4 Å². The van der Waals surface area contributed by atoms with E-state index in [4.69, 9.17) is 4.74 Å². The molecule has 5 nitrogen and oxygen atoms in total. The predicted octanol–water partition coefficient (Wildman–Crippen LogP) is 4.42. The summed E-state index contributed by atoms with van der Waals surface area (Å²) in [4.78, 5) is 23.4. The van der Waals surface area contributed by atoms with Gasteiger partial charge in [-0.05, 0) is 62.2 Å². The van der Waals surface area contributed by atoms with E-state index in [1.807, 2.05) is 0 Å². The van der Waals surface area contributed by atoms with Gasteiger partial charge in [0.1, 0.15) is 6.42 Å². The molecule has 0 radical (unpaired) electrons. The second-order valence-corrected chi connectivity index (χ2v) is 10.7. The smallest absolute Gasteiger partial charge is 0.317 e. The number of methoxy groups -OCH3 is 1. The topological polar surface area (TPSA) is 72.8 Å². The molecule has 5 heteroatoms. The fourth-order valence-electron chi connectivity index (χ4n) is 6.98. The van der Waals surface area contributed by atoms with Gasteiger partial charge in [0.15, 0.2) is 0 Å². The lowest BCUT2D eigenvalue weighted by Crippen LogP contribution is -2.65. The first kappa shape index (κ1) is 22.3. The van der Waals surface area contributed by atoms with Crippen LogP contribution in [0.1, 0.15) is 78.6 Å². The minimum atomic E-state index is -0.670. The zero-order valence-corrected chi connectivity index (χ0v) is 18.6. The first-order valence-electron chi connectivity index (χ1n) is 11.1. The molecule has 3 saturated carbocycles. The van der Waals surface area contributed by atoms with Gasteiger partial charge in [0.05, 0.1) is 19.3 Å². The zero-order valence-electron chi connectivity index (χ0n) is 18.6. The molecule has 4 unspecified atom stereocenters. The SMILES string of the molecule is C=C[C@@]1(C)CCC2(O)C(CCC3C2(C)CCC[C@@]3(C)COC(=O)CC(=O)OC)C1. The number of allylic oxidation sites excluding steroid dienone is 1. The van der Waals surface area contributed by atoms with Crippen LogP contribution in [0.15, 0.2) is 12.7 Å². The molecule has 3 aliphatic rings. The summed E-state index contributed by atoms with van der Waals surface area (Å²) in [5, 5.41) is 12.0. The molecule has 0 spiro atoms. The number of carbonyl (C=O) groups excluding carboxylic acids is 2. The number of aliphatic hydroxyl groups is 1. The quantitative estimate of drug-likeness (QED) is 0.416. The molecule has 0 aromatic rings. The third-order valence-corrected chi connectivity index (χ3v) is 8.88. The van der Waals surface area contributed by atoms with Gasteiger partial charge in [-0.15, -0.1) is 6.58 Å². The third-order valence-electron chi connectivity index (χ3n) is 8.88. The largest absolute Gasteiger partial charge is 0.469 e. The fraction of sp³-hybridized carbons (Fsp3) is 0.833. The number of esters is 2. The molecule has 0 saturated heterocycles. The Bertz CT molecular complexity index is 674. The first-order valence-corrected chi connectivity index (χ1v) is 11.1. The Balaban J connectivity index is 1.78. The highest BCUT2D eigenvalue weighted by molar-refractivity contribution is 5.91. The highest BCUT2D eigenvalue weighted by Crippen LogP contribution is 2.67. The van der Waals surface area contributed by atoms with Crippen LogP contribution in [0.4, 0.5) is 0 Å². The Morgan fingerprint density at radius 2 is 1.83 bits per heavy atom. The maximum atomic E-state index is 12.1. The van der Waals surface area contributed by atoms with Gasteiger partial charge in [-0.1, -0.05) is 33.3 Å². The molecular weight excluding hydrogens is 368 g/mol. The molecule has 0 aromatic carbocycles. The summed E-state index contributed by atoms with van der Waals surface area (Å²) in [5.41, 5.74) is -0.920. The molecule has 0 amide bonds. The maximum Gasteiger partial charge on any atom is 0.317 e. The summed E-state index contributed by atoms with van der Waals surface area (Å²) in [6.45, 7) is 11.1. The molecule has 3 aliphatic carbocycles. The van der Waals surface area contributed by atoms with Crippen molar-refractivity contribution in [2.24, 2.45) is 28.1 Å². The van der Waals surface area contributed by atoms with Crippen LogP contribution in [0.2, 0.25) is 0 Å². The number of hydrogen-bond donors (Lipinski definition) is 1. The van der Waals surface area contributed by atoms with Gasteiger partial charge >= 0.3 is 11.9 Å². The Kier molecular flexibility index (Phi) is 5.94. The van der Waals surface area contributed by atoms with E-state index in [2.05, 4.69) is 38.2 Å². The van der Waals surface area contributed by atoms with Gasteiger partial charge in [0.2, 0.25) is 0 Å². The molecule has 0 aromatic heterocycles. The van der Waals surface area contributed by atoms with Crippen molar-refractivity contribution in [3.05, 3.63) is 12.7 Å². The Morgan fingerprint density at radius 1 is 1.10 bits per heavy atom. The van der Waals surface area contributed by atoms with Crippen molar-refractivity contribution in [1.29, 1.82) is 0 Å². The van der Waals surface area contributed by atoms with E-state index in [1.54, 1.807) is 0 Å². The van der Waals surface area contributed by atoms with Gasteiger partial charge < -0.3 is 14.6 Å². The van der Waals surface area contributed by atoms with Gasteiger partial charge in [-0.3, -0.25) is 9.59 Å². The van der Waals surface area contributed by atoms with E-state index >= 15 is 0 Å². The van der Waals surface area contributed by atoms with Crippen LogP contribution < -0.4 is 0 Å². The standard InChI is InChI=1S/C24H38O5/c1-6-21(2)12-13-24(27)17(15-21)8-9-18-22(3,10-7-11-23(18,24)4)16-29-20(26)14-19(25)28-5/h6,17-18,27H,1,7-16H2,2-5H3/t17?,18?,21-,22-,23?,24?/m0/s1. The van der Waals surface area contributed by atoms with E-state index in [1.165, 1.54) is 7.11 Å². The molecule has 0 aliphatic heterocycles. The minimum Gasteiger partial charge on any atom is -0.469 e. The normalized spacial score (nSPS) is 44.2. The average Bonchev–Trinajstić information content (AvgIpc) is 2.68. The van der Waals surface area contributed by atoms with Crippen molar-refractivity contribution in [3.8, 4) is 0 Å². The Labute approximate surface area is 175 Å². The van der Waals surface area contributed by atoms with E-state index in [9.17, 15) is 14.7 Å². The third kappa shape index (κ3) is 3.75. The van der Waals surface area contributed by atoms with Crippen LogP contribution in [-0.4, -0.2) is 36.4 Å². The van der Waals surface area contributed by atoms with Crippen LogP contribution in [0.25, 0.3) is 0 Å². The molecule has 29 heavy (non-hydrogen) atoms. The molecule has 0 bridgehead atoms. The van der Waals surface area contributed by atoms with Gasteiger partial charge in [-0.25, -0.2) is 0 Å². The first-order chi connectivity index (χ1) is 13.5. The minimum absolute atomic E-state index is 0.113. The number of carbonyl (C=O) groups is 2. The molecule has 3 rings (SSSR count). The Morgan fingerprint density at radius 3 is 2.48 bits per heavy atom. The lowest BCUT2D eigenvalue weighted by Gasteiger charge is -2.66. The van der Waals surface area contributed by atoms with Crippen LogP contribution in [0.3, 0.4) is 0 Å². The summed E-state index contributed by atoms with van der Waals surface area (Å²) in [6.07, 6.45) is 9.57. The Hall–Kier alpha value is -1.36. The second-order valence-electron chi connectivity index (χ2n) is 10.7. The highest BCUT2D eigenvalue weighted by atomic mass is 16.5. The maximum absolute atomic E-state index is 12.1. The van der Waals surface area contributed by atoms with Crippen LogP contribution in [0, 0.1) is 28.1 Å². The summed E-state index contributed by atoms with van der Waals surface area (Å²) in [7, 11) is 1.27. The number of rotatable bonds is 5. The molecule has 6 atom stereocenters. The zero-order chi connectivity index (χ0) is 21.5. The molecule has 1 N–H and O–H groups in total. The molecule has 3 fully saturated rings. The van der Waals surface area contributed by atoms with Crippen molar-refractivity contribution >= 4 is 11.9 Å². The number of hydrogen-bond acceptors (Lipinski definition) is 5. The van der Waals surface area contributed by atoms with Crippen molar-refractivity contribution in [1.82, 2.24) is 0 Å². The van der Waals surface area contributed by atoms with Gasteiger partial charge in [-0.2, -0.15) is 0 Å². The van der Waals surface area contributed by atoms with Gasteiger partial charge in [0.25, 0.3) is 0 Å². The molecule has 164 valence electrons. The average molecular weight is 407 g/mol. The molecule has 0 heterocycles. The lowest BCUT2D eigenvalue weighted by atomic mass is 9.41. The highest BCUT2D eigenvalue weighted by Gasteiger charge is 2.64. The van der Waals surface area contributed by atoms with Crippen molar-refractivity contribution < 1.29 is 24.2 Å². The molecular formula is C24H38O5. The van der Waals surface area contributed by atoms with Crippen molar-refractivity contribution in [2.75, 3.05) is 13.7 Å². The van der Waals surface area contributed by atoms with Crippen LogP contribution in [-0.2, 0) is 19.1 Å². The van der Waals surface area contributed by atoms with E-state index in [0.29, 0.717) is 18.4 Å². The monoisotopic (exact) mass is 406 g/mol. The predicted molar refractivity (Wildman–Crippen MR) is 111 cm³/mol. The summed E-state index contributed by atoms with van der Waals surface area (Å²) >= 11 is 0. The summed E-state index contributed by atoms with van der Waals surface area (Å²) in [6, 6.07) is 0. The van der Waals surface area contributed by atoms with Gasteiger partial charge in [0, 0.05) is 10.8 Å². The van der Waals surface area contributed by atoms with Crippen molar-refractivity contribution in [3.63, 3.8) is 0 Å². The summed E-state index contributed by atoms with van der Waals surface area (Å²) in [5.74, 6) is -0.512. The second kappa shape index (κ2) is 7.72. The number of ether oxygens (including phenoxy) is 2. The van der Waals surface area contributed by atoms with Crippen LogP contribution in [0.5, 0.6) is 0 Å².